The third-order valence-electron chi connectivity index (χ3n) is 3.69. The lowest BCUT2D eigenvalue weighted by Gasteiger charge is -2.35. The zero-order valence-electron chi connectivity index (χ0n) is 12.5. The summed E-state index contributed by atoms with van der Waals surface area (Å²) in [6.07, 6.45) is 0. The third kappa shape index (κ3) is 4.58. The molecule has 0 N–H and O–H groups in total. The SMILES string of the molecule is CN(C)CCN1CCN(C(=O)c2ccc(Cl)c(Cl)c2)CC1. The van der Waals surface area contributed by atoms with Crippen molar-refractivity contribution in [3.63, 3.8) is 0 Å². The van der Waals surface area contributed by atoms with Gasteiger partial charge in [-0.05, 0) is 32.3 Å². The second-order valence-corrected chi connectivity index (χ2v) is 6.38. The van der Waals surface area contributed by atoms with Gasteiger partial charge in [0.15, 0.2) is 0 Å². The molecule has 1 amide bonds. The minimum absolute atomic E-state index is 0.0285. The molecule has 1 aliphatic rings. The number of carbonyl (C=O) groups is 1. The number of rotatable bonds is 4. The van der Waals surface area contributed by atoms with E-state index < -0.39 is 0 Å². The number of piperazine rings is 1. The molecule has 1 aliphatic heterocycles. The standard InChI is InChI=1S/C15H21Cl2N3O/c1-18(2)5-6-19-7-9-20(10-8-19)15(21)12-3-4-13(16)14(17)11-12/h3-4,11H,5-10H2,1-2H3. The number of hydrogen-bond acceptors (Lipinski definition) is 3. The number of benzene rings is 1. The normalized spacial score (nSPS) is 16.5. The average molecular weight is 330 g/mol. The largest absolute Gasteiger partial charge is 0.336 e. The van der Waals surface area contributed by atoms with Gasteiger partial charge in [-0.3, -0.25) is 9.69 Å². The van der Waals surface area contributed by atoms with Gasteiger partial charge in [-0.15, -0.1) is 0 Å². The van der Waals surface area contributed by atoms with Crippen LogP contribution in [0.3, 0.4) is 0 Å². The van der Waals surface area contributed by atoms with Crippen LogP contribution in [-0.4, -0.2) is 74.0 Å². The van der Waals surface area contributed by atoms with Gasteiger partial charge >= 0.3 is 0 Å². The first kappa shape index (κ1) is 16.6. The molecule has 1 heterocycles. The van der Waals surface area contributed by atoms with Gasteiger partial charge in [-0.2, -0.15) is 0 Å². The summed E-state index contributed by atoms with van der Waals surface area (Å²) in [5.41, 5.74) is 0.603. The molecule has 2 rings (SSSR count). The fourth-order valence-corrected chi connectivity index (χ4v) is 2.63. The highest BCUT2D eigenvalue weighted by Gasteiger charge is 2.22. The van der Waals surface area contributed by atoms with Crippen LogP contribution < -0.4 is 0 Å². The molecule has 0 unspecified atom stereocenters. The number of carbonyl (C=O) groups excluding carboxylic acids is 1. The Morgan fingerprint density at radius 3 is 2.38 bits per heavy atom. The van der Waals surface area contributed by atoms with E-state index >= 15 is 0 Å². The van der Waals surface area contributed by atoms with Crippen LogP contribution in [0.5, 0.6) is 0 Å². The van der Waals surface area contributed by atoms with Crippen molar-refractivity contribution in [1.82, 2.24) is 14.7 Å². The Morgan fingerprint density at radius 1 is 1.14 bits per heavy atom. The first-order chi connectivity index (χ1) is 9.97. The molecule has 1 aromatic carbocycles. The summed E-state index contributed by atoms with van der Waals surface area (Å²) in [4.78, 5) is 18.9. The number of amides is 1. The monoisotopic (exact) mass is 329 g/mol. The molecule has 1 aromatic rings. The lowest BCUT2D eigenvalue weighted by Crippen LogP contribution is -2.49. The van der Waals surface area contributed by atoms with E-state index in [1.165, 1.54) is 0 Å². The number of nitrogens with zero attached hydrogens (tertiary/aromatic N) is 3. The van der Waals surface area contributed by atoms with Crippen LogP contribution in [0, 0.1) is 0 Å². The maximum absolute atomic E-state index is 12.4. The molecule has 0 aliphatic carbocycles. The van der Waals surface area contributed by atoms with Gasteiger partial charge in [0.25, 0.3) is 5.91 Å². The van der Waals surface area contributed by atoms with Gasteiger partial charge in [0.1, 0.15) is 0 Å². The van der Waals surface area contributed by atoms with Crippen LogP contribution >= 0.6 is 23.2 Å². The van der Waals surface area contributed by atoms with Crippen molar-refractivity contribution < 1.29 is 4.79 Å². The van der Waals surface area contributed by atoms with Crippen molar-refractivity contribution in [2.75, 3.05) is 53.4 Å². The predicted octanol–water partition coefficient (Wildman–Crippen LogP) is 2.31. The van der Waals surface area contributed by atoms with Gasteiger partial charge in [-0.1, -0.05) is 23.2 Å². The fourth-order valence-electron chi connectivity index (χ4n) is 2.33. The number of likely N-dealkylation sites (N-methyl/N-ethyl adjacent to an activating group) is 1. The van der Waals surface area contributed by atoms with Crippen molar-refractivity contribution in [3.8, 4) is 0 Å². The summed E-state index contributed by atoms with van der Waals surface area (Å²) >= 11 is 11.9. The first-order valence-electron chi connectivity index (χ1n) is 7.09. The van der Waals surface area contributed by atoms with Crippen molar-refractivity contribution >= 4 is 29.1 Å². The van der Waals surface area contributed by atoms with E-state index in [0.717, 1.165) is 39.3 Å². The molecular formula is C15H21Cl2N3O. The molecule has 1 saturated heterocycles. The second kappa shape index (κ2) is 7.45. The van der Waals surface area contributed by atoms with Crippen molar-refractivity contribution in [2.24, 2.45) is 0 Å². The molecule has 0 spiro atoms. The van der Waals surface area contributed by atoms with Crippen LogP contribution in [0.2, 0.25) is 10.0 Å². The molecular weight excluding hydrogens is 309 g/mol. The molecule has 116 valence electrons. The van der Waals surface area contributed by atoms with Crippen molar-refractivity contribution in [1.29, 1.82) is 0 Å². The highest BCUT2D eigenvalue weighted by atomic mass is 35.5. The maximum Gasteiger partial charge on any atom is 0.253 e. The topological polar surface area (TPSA) is 26.8 Å². The summed E-state index contributed by atoms with van der Waals surface area (Å²) in [5, 5.41) is 0.897. The highest BCUT2D eigenvalue weighted by Crippen LogP contribution is 2.23. The lowest BCUT2D eigenvalue weighted by molar-refractivity contribution is 0.0630. The van der Waals surface area contributed by atoms with Gasteiger partial charge in [0.05, 0.1) is 10.0 Å². The first-order valence-corrected chi connectivity index (χ1v) is 7.84. The Bertz CT molecular complexity index is 500. The van der Waals surface area contributed by atoms with E-state index in [4.69, 9.17) is 23.2 Å². The third-order valence-corrected chi connectivity index (χ3v) is 4.43. The molecule has 0 bridgehead atoms. The lowest BCUT2D eigenvalue weighted by atomic mass is 10.2. The molecule has 0 atom stereocenters. The van der Waals surface area contributed by atoms with Crippen molar-refractivity contribution in [3.05, 3.63) is 33.8 Å². The Labute approximate surface area is 136 Å². The van der Waals surface area contributed by atoms with E-state index in [0.29, 0.717) is 15.6 Å². The van der Waals surface area contributed by atoms with Gasteiger partial charge < -0.3 is 9.80 Å². The second-order valence-electron chi connectivity index (χ2n) is 5.57. The van der Waals surface area contributed by atoms with Gasteiger partial charge in [0.2, 0.25) is 0 Å². The zero-order valence-corrected chi connectivity index (χ0v) is 14.0. The number of halogens is 2. The minimum atomic E-state index is 0.0285. The fraction of sp³-hybridized carbons (Fsp3) is 0.533. The summed E-state index contributed by atoms with van der Waals surface area (Å²) in [6.45, 7) is 5.43. The van der Waals surface area contributed by atoms with E-state index in [9.17, 15) is 4.79 Å². The van der Waals surface area contributed by atoms with Crippen molar-refractivity contribution in [2.45, 2.75) is 0 Å². The average Bonchev–Trinajstić information content (AvgIpc) is 2.48. The summed E-state index contributed by atoms with van der Waals surface area (Å²) in [5.74, 6) is 0.0285. The Morgan fingerprint density at radius 2 is 1.81 bits per heavy atom. The van der Waals surface area contributed by atoms with E-state index in [2.05, 4.69) is 23.9 Å². The predicted molar refractivity (Wildman–Crippen MR) is 87.4 cm³/mol. The van der Waals surface area contributed by atoms with Gasteiger partial charge in [0, 0.05) is 44.8 Å². The number of hydrogen-bond donors (Lipinski definition) is 0. The summed E-state index contributed by atoms with van der Waals surface area (Å²) in [6, 6.07) is 5.05. The molecule has 4 nitrogen and oxygen atoms in total. The van der Waals surface area contributed by atoms with Gasteiger partial charge in [-0.25, -0.2) is 0 Å². The van der Waals surface area contributed by atoms with Crippen LogP contribution in [0.4, 0.5) is 0 Å². The van der Waals surface area contributed by atoms with E-state index in [-0.39, 0.29) is 5.91 Å². The van der Waals surface area contributed by atoms with Crippen LogP contribution in [-0.2, 0) is 0 Å². The zero-order chi connectivity index (χ0) is 15.4. The highest BCUT2D eigenvalue weighted by molar-refractivity contribution is 6.42. The molecule has 0 radical (unpaired) electrons. The smallest absolute Gasteiger partial charge is 0.253 e. The maximum atomic E-state index is 12.4. The minimum Gasteiger partial charge on any atom is -0.336 e. The summed E-state index contributed by atoms with van der Waals surface area (Å²) < 4.78 is 0. The van der Waals surface area contributed by atoms with E-state index in [1.807, 2.05) is 4.90 Å². The van der Waals surface area contributed by atoms with Crippen LogP contribution in [0.1, 0.15) is 10.4 Å². The Hall–Kier alpha value is -0.810. The Balaban J connectivity index is 1.89. The summed E-state index contributed by atoms with van der Waals surface area (Å²) in [7, 11) is 4.15. The molecule has 0 aromatic heterocycles. The molecule has 0 saturated carbocycles. The quantitative estimate of drug-likeness (QED) is 0.848. The Kier molecular flexibility index (Phi) is 5.88. The molecule has 6 heteroatoms. The molecule has 1 fully saturated rings. The van der Waals surface area contributed by atoms with Crippen LogP contribution in [0.25, 0.3) is 0 Å². The van der Waals surface area contributed by atoms with Crippen LogP contribution in [0.15, 0.2) is 18.2 Å². The molecule has 21 heavy (non-hydrogen) atoms. The van der Waals surface area contributed by atoms with E-state index in [1.54, 1.807) is 18.2 Å².